The topological polar surface area (TPSA) is 93.1 Å². The largest absolute Gasteiger partial charge is 0.482 e. The average Bonchev–Trinajstić information content (AvgIpc) is 2.96. The van der Waals surface area contributed by atoms with Crippen LogP contribution in [0.4, 0.5) is 0 Å². The molecule has 1 saturated carbocycles. The van der Waals surface area contributed by atoms with E-state index in [-0.39, 0.29) is 36.6 Å². The second-order valence-corrected chi connectivity index (χ2v) is 8.85. The van der Waals surface area contributed by atoms with Gasteiger partial charge in [0.05, 0.1) is 18.1 Å². The number of fused-ring (bicyclic) bond motifs is 2. The van der Waals surface area contributed by atoms with Gasteiger partial charge in [-0.05, 0) is 74.0 Å². The molecule has 0 heterocycles. The lowest BCUT2D eigenvalue weighted by atomic mass is 9.73. The SMILES string of the molecule is CC(C)C(=O)O[C@@H](C)CC[C@@H]1[C@H]2Cc3cccc(OCC(=O)O)c3C[C@H]2C[C@H]1O. The Morgan fingerprint density at radius 1 is 1.21 bits per heavy atom. The summed E-state index contributed by atoms with van der Waals surface area (Å²) in [6.07, 6.45) is 3.51. The maximum absolute atomic E-state index is 11.8. The minimum Gasteiger partial charge on any atom is -0.482 e. The van der Waals surface area contributed by atoms with Crippen molar-refractivity contribution in [3.05, 3.63) is 29.3 Å². The highest BCUT2D eigenvalue weighted by molar-refractivity contribution is 5.71. The van der Waals surface area contributed by atoms with Crippen LogP contribution in [-0.4, -0.2) is 41.0 Å². The number of esters is 1. The Labute approximate surface area is 172 Å². The molecule has 3 rings (SSSR count). The third kappa shape index (κ3) is 5.10. The zero-order chi connectivity index (χ0) is 21.1. The molecule has 0 bridgehead atoms. The zero-order valence-corrected chi connectivity index (χ0v) is 17.5. The number of rotatable bonds is 8. The van der Waals surface area contributed by atoms with E-state index >= 15 is 0 Å². The third-order valence-electron chi connectivity index (χ3n) is 6.39. The van der Waals surface area contributed by atoms with E-state index in [1.165, 1.54) is 5.56 Å². The molecule has 5 atom stereocenters. The molecule has 2 N–H and O–H groups in total. The van der Waals surface area contributed by atoms with Crippen LogP contribution in [0.3, 0.4) is 0 Å². The lowest BCUT2D eigenvalue weighted by Gasteiger charge is -2.32. The molecule has 29 heavy (non-hydrogen) atoms. The molecular weight excluding hydrogens is 372 g/mol. The number of aliphatic hydroxyl groups excluding tert-OH is 1. The van der Waals surface area contributed by atoms with E-state index < -0.39 is 5.97 Å². The van der Waals surface area contributed by atoms with Gasteiger partial charge < -0.3 is 19.7 Å². The van der Waals surface area contributed by atoms with Gasteiger partial charge in [0.1, 0.15) is 5.75 Å². The molecule has 2 aliphatic rings. The van der Waals surface area contributed by atoms with Gasteiger partial charge >= 0.3 is 11.9 Å². The second kappa shape index (κ2) is 9.16. The molecule has 0 aliphatic heterocycles. The van der Waals surface area contributed by atoms with Crippen molar-refractivity contribution >= 4 is 11.9 Å². The first kappa shape index (κ1) is 21.6. The van der Waals surface area contributed by atoms with Crippen LogP contribution >= 0.6 is 0 Å². The van der Waals surface area contributed by atoms with E-state index in [1.54, 1.807) is 0 Å². The smallest absolute Gasteiger partial charge is 0.341 e. The predicted octanol–water partition coefficient (Wildman–Crippen LogP) is 3.23. The van der Waals surface area contributed by atoms with Gasteiger partial charge in [-0.25, -0.2) is 4.79 Å². The number of carboxylic acids is 1. The fraction of sp³-hybridized carbons (Fsp3) is 0.652. The summed E-state index contributed by atoms with van der Waals surface area (Å²) in [6.45, 7) is 5.23. The number of aliphatic hydroxyl groups is 1. The number of hydrogen-bond donors (Lipinski definition) is 2. The maximum atomic E-state index is 11.8. The van der Waals surface area contributed by atoms with Gasteiger partial charge in [-0.3, -0.25) is 4.79 Å². The highest BCUT2D eigenvalue weighted by Gasteiger charge is 2.44. The molecule has 2 aliphatic carbocycles. The summed E-state index contributed by atoms with van der Waals surface area (Å²) in [7, 11) is 0. The second-order valence-electron chi connectivity index (χ2n) is 8.85. The molecule has 6 heteroatoms. The molecule has 6 nitrogen and oxygen atoms in total. The summed E-state index contributed by atoms with van der Waals surface area (Å²) >= 11 is 0. The summed E-state index contributed by atoms with van der Waals surface area (Å²) in [5, 5.41) is 19.6. The Morgan fingerprint density at radius 2 is 1.97 bits per heavy atom. The van der Waals surface area contributed by atoms with Gasteiger partial charge in [0.15, 0.2) is 6.61 Å². The van der Waals surface area contributed by atoms with Crippen LogP contribution in [0.5, 0.6) is 5.75 Å². The number of benzene rings is 1. The number of carboxylic acid groups (broad SMARTS) is 1. The Morgan fingerprint density at radius 3 is 2.66 bits per heavy atom. The monoisotopic (exact) mass is 404 g/mol. The van der Waals surface area contributed by atoms with Gasteiger partial charge in [-0.2, -0.15) is 0 Å². The van der Waals surface area contributed by atoms with Crippen LogP contribution in [0.15, 0.2) is 18.2 Å². The molecule has 1 aromatic rings. The van der Waals surface area contributed by atoms with Crippen molar-refractivity contribution in [1.82, 2.24) is 0 Å². The summed E-state index contributed by atoms with van der Waals surface area (Å²) in [5.41, 5.74) is 2.27. The molecule has 0 unspecified atom stereocenters. The van der Waals surface area contributed by atoms with Crippen molar-refractivity contribution in [2.45, 2.75) is 65.1 Å². The van der Waals surface area contributed by atoms with Crippen LogP contribution in [0.25, 0.3) is 0 Å². The minimum atomic E-state index is -0.986. The Hall–Kier alpha value is -2.08. The highest BCUT2D eigenvalue weighted by atomic mass is 16.5. The normalized spacial score (nSPS) is 26.5. The van der Waals surface area contributed by atoms with Gasteiger partial charge in [-0.15, -0.1) is 0 Å². The van der Waals surface area contributed by atoms with Crippen LogP contribution in [0, 0.1) is 23.7 Å². The molecule has 1 fully saturated rings. The van der Waals surface area contributed by atoms with Crippen LogP contribution < -0.4 is 4.74 Å². The van der Waals surface area contributed by atoms with E-state index in [0.717, 1.165) is 37.7 Å². The summed E-state index contributed by atoms with van der Waals surface area (Å²) in [5.74, 6) is 0.298. The molecule has 0 saturated heterocycles. The van der Waals surface area contributed by atoms with Crippen molar-refractivity contribution in [3.8, 4) is 5.75 Å². The minimum absolute atomic E-state index is 0.133. The van der Waals surface area contributed by atoms with Gasteiger partial charge in [0, 0.05) is 0 Å². The van der Waals surface area contributed by atoms with E-state index in [9.17, 15) is 14.7 Å². The number of aliphatic carboxylic acids is 1. The first-order valence-corrected chi connectivity index (χ1v) is 10.6. The van der Waals surface area contributed by atoms with Crippen molar-refractivity contribution in [1.29, 1.82) is 0 Å². The van der Waals surface area contributed by atoms with E-state index in [1.807, 2.05) is 32.9 Å². The van der Waals surface area contributed by atoms with Crippen molar-refractivity contribution in [2.75, 3.05) is 6.61 Å². The molecule has 0 spiro atoms. The lowest BCUT2D eigenvalue weighted by Crippen LogP contribution is -2.28. The zero-order valence-electron chi connectivity index (χ0n) is 17.5. The molecule has 1 aromatic carbocycles. The first-order valence-electron chi connectivity index (χ1n) is 10.6. The fourth-order valence-corrected chi connectivity index (χ4v) is 4.90. The van der Waals surface area contributed by atoms with Crippen molar-refractivity contribution in [2.24, 2.45) is 23.7 Å². The van der Waals surface area contributed by atoms with E-state index in [0.29, 0.717) is 17.6 Å². The number of ether oxygens (including phenoxy) is 2. The Kier molecular flexibility index (Phi) is 6.83. The Balaban J connectivity index is 1.65. The highest BCUT2D eigenvalue weighted by Crippen LogP contribution is 2.48. The van der Waals surface area contributed by atoms with Crippen molar-refractivity contribution < 1.29 is 29.3 Å². The first-order chi connectivity index (χ1) is 13.8. The third-order valence-corrected chi connectivity index (χ3v) is 6.39. The standard InChI is InChI=1S/C23H32O6/c1-13(2)23(27)29-14(3)7-8-17-18-9-15-5-4-6-21(28-12-22(25)26)19(15)10-16(18)11-20(17)24/h4-6,13-14,16-18,20,24H,7-12H2,1-3H3,(H,25,26)/t14-,16-,17+,18-,20+/m0/s1. The average molecular weight is 405 g/mol. The number of hydrogen-bond acceptors (Lipinski definition) is 5. The predicted molar refractivity (Wildman–Crippen MR) is 108 cm³/mol. The number of carbonyl (C=O) groups is 2. The van der Waals surface area contributed by atoms with E-state index in [2.05, 4.69) is 6.07 Å². The van der Waals surface area contributed by atoms with Gasteiger partial charge in [-0.1, -0.05) is 26.0 Å². The summed E-state index contributed by atoms with van der Waals surface area (Å²) < 4.78 is 11.0. The summed E-state index contributed by atoms with van der Waals surface area (Å²) in [4.78, 5) is 22.6. The van der Waals surface area contributed by atoms with Crippen LogP contribution in [0.1, 0.15) is 51.2 Å². The molecule has 0 radical (unpaired) electrons. The van der Waals surface area contributed by atoms with Gasteiger partial charge in [0.2, 0.25) is 0 Å². The van der Waals surface area contributed by atoms with Gasteiger partial charge in [0.25, 0.3) is 0 Å². The summed E-state index contributed by atoms with van der Waals surface area (Å²) in [6, 6.07) is 5.81. The Bertz CT molecular complexity index is 743. The molecule has 0 aromatic heterocycles. The molecule has 0 amide bonds. The lowest BCUT2D eigenvalue weighted by molar-refractivity contribution is -0.152. The fourth-order valence-electron chi connectivity index (χ4n) is 4.90. The molecule has 160 valence electrons. The van der Waals surface area contributed by atoms with E-state index in [4.69, 9.17) is 14.6 Å². The maximum Gasteiger partial charge on any atom is 0.341 e. The quantitative estimate of drug-likeness (QED) is 0.646. The van der Waals surface area contributed by atoms with Crippen LogP contribution in [0.2, 0.25) is 0 Å². The van der Waals surface area contributed by atoms with Crippen molar-refractivity contribution in [3.63, 3.8) is 0 Å². The molecular formula is C23H32O6. The number of carbonyl (C=O) groups excluding carboxylic acids is 1. The van der Waals surface area contributed by atoms with Crippen LogP contribution in [-0.2, 0) is 27.2 Å².